The number of para-hydroxylation sites is 1. The number of ketones is 1. The quantitative estimate of drug-likeness (QED) is 0.796. The summed E-state index contributed by atoms with van der Waals surface area (Å²) in [6, 6.07) is 13.6. The molecule has 19 heavy (non-hydrogen) atoms. The van der Waals surface area contributed by atoms with Crippen molar-refractivity contribution in [3.8, 4) is 0 Å². The molecule has 0 heterocycles. The van der Waals surface area contributed by atoms with Crippen LogP contribution in [0.5, 0.6) is 0 Å². The van der Waals surface area contributed by atoms with Crippen molar-refractivity contribution in [2.75, 3.05) is 18.5 Å². The van der Waals surface area contributed by atoms with Crippen LogP contribution in [0.4, 0.5) is 10.1 Å². The monoisotopic (exact) mass is 321 g/mol. The fraction of sp³-hybridized carbons (Fsp3) is 0.133. The van der Waals surface area contributed by atoms with Gasteiger partial charge in [0.25, 0.3) is 0 Å². The molecule has 98 valence electrons. The molecule has 0 aliphatic carbocycles. The zero-order valence-corrected chi connectivity index (χ0v) is 12.0. The first-order valence-electron chi connectivity index (χ1n) is 5.83. The second-order valence-electron chi connectivity index (χ2n) is 4.21. The third-order valence-electron chi connectivity index (χ3n) is 2.82. The van der Waals surface area contributed by atoms with Crippen molar-refractivity contribution in [1.29, 1.82) is 0 Å². The average Bonchev–Trinajstić information content (AvgIpc) is 2.39. The van der Waals surface area contributed by atoms with Crippen molar-refractivity contribution in [3.63, 3.8) is 0 Å². The third kappa shape index (κ3) is 3.20. The molecule has 0 saturated heterocycles. The van der Waals surface area contributed by atoms with Crippen molar-refractivity contribution < 1.29 is 9.18 Å². The van der Waals surface area contributed by atoms with Gasteiger partial charge in [0.05, 0.1) is 12.2 Å². The van der Waals surface area contributed by atoms with Crippen LogP contribution >= 0.6 is 15.9 Å². The highest BCUT2D eigenvalue weighted by Crippen LogP contribution is 2.20. The lowest BCUT2D eigenvalue weighted by atomic mass is 10.1. The maximum atomic E-state index is 13.6. The highest BCUT2D eigenvalue weighted by molar-refractivity contribution is 9.10. The van der Waals surface area contributed by atoms with Gasteiger partial charge in [0, 0.05) is 17.1 Å². The molecule has 0 saturated carbocycles. The van der Waals surface area contributed by atoms with Gasteiger partial charge >= 0.3 is 0 Å². The number of likely N-dealkylation sites (N-methyl/N-ethyl adjacent to an activating group) is 1. The molecule has 0 fully saturated rings. The predicted octanol–water partition coefficient (Wildman–Crippen LogP) is 3.91. The lowest BCUT2D eigenvalue weighted by molar-refractivity contribution is 0.0999. The number of anilines is 1. The van der Waals surface area contributed by atoms with Crippen molar-refractivity contribution in [3.05, 3.63) is 64.4 Å². The molecule has 0 N–H and O–H groups in total. The van der Waals surface area contributed by atoms with E-state index in [0.29, 0.717) is 11.3 Å². The summed E-state index contributed by atoms with van der Waals surface area (Å²) >= 11 is 3.34. The van der Waals surface area contributed by atoms with Crippen LogP contribution < -0.4 is 4.90 Å². The minimum absolute atomic E-state index is 0.0572. The molecular formula is C15H13BrFNO. The Kier molecular flexibility index (Phi) is 4.32. The van der Waals surface area contributed by atoms with E-state index in [1.807, 2.05) is 12.1 Å². The van der Waals surface area contributed by atoms with Crippen molar-refractivity contribution >= 4 is 27.4 Å². The Hall–Kier alpha value is -1.68. The highest BCUT2D eigenvalue weighted by Gasteiger charge is 2.14. The lowest BCUT2D eigenvalue weighted by Gasteiger charge is -2.19. The molecular weight excluding hydrogens is 309 g/mol. The lowest BCUT2D eigenvalue weighted by Crippen LogP contribution is -2.26. The van der Waals surface area contributed by atoms with Crippen molar-refractivity contribution in [1.82, 2.24) is 0 Å². The summed E-state index contributed by atoms with van der Waals surface area (Å²) in [5.74, 6) is -0.386. The molecule has 0 radical (unpaired) electrons. The molecule has 0 aliphatic rings. The molecule has 0 spiro atoms. The number of benzene rings is 2. The zero-order valence-electron chi connectivity index (χ0n) is 10.4. The zero-order chi connectivity index (χ0) is 13.8. The molecule has 0 unspecified atom stereocenters. The summed E-state index contributed by atoms with van der Waals surface area (Å²) in [6.07, 6.45) is 0. The molecule has 0 atom stereocenters. The number of nitrogens with zero attached hydrogens (tertiary/aromatic N) is 1. The Morgan fingerprint density at radius 2 is 1.79 bits per heavy atom. The van der Waals surface area contributed by atoms with Gasteiger partial charge in [-0.15, -0.1) is 0 Å². The molecule has 0 bridgehead atoms. The number of rotatable bonds is 4. The molecule has 2 aromatic carbocycles. The first-order valence-corrected chi connectivity index (χ1v) is 6.62. The van der Waals surface area contributed by atoms with Crippen LogP contribution in [-0.2, 0) is 0 Å². The minimum atomic E-state index is -0.329. The van der Waals surface area contributed by atoms with Gasteiger partial charge in [0.2, 0.25) is 0 Å². The molecule has 4 heteroatoms. The fourth-order valence-corrected chi connectivity index (χ4v) is 2.34. The van der Waals surface area contributed by atoms with Crippen LogP contribution in [-0.4, -0.2) is 19.4 Å². The molecule has 2 rings (SSSR count). The number of halogens is 2. The maximum Gasteiger partial charge on any atom is 0.183 e. The summed E-state index contributed by atoms with van der Waals surface area (Å²) in [7, 11) is 1.70. The van der Waals surface area contributed by atoms with Crippen molar-refractivity contribution in [2.24, 2.45) is 0 Å². The highest BCUT2D eigenvalue weighted by atomic mass is 79.9. The number of Topliss-reactive ketones (excluding diaryl/α,β-unsaturated/α-hetero) is 1. The maximum absolute atomic E-state index is 13.6. The Morgan fingerprint density at radius 3 is 2.47 bits per heavy atom. The minimum Gasteiger partial charge on any atom is -0.365 e. The van der Waals surface area contributed by atoms with E-state index in [1.54, 1.807) is 42.3 Å². The summed E-state index contributed by atoms with van der Waals surface area (Å²) < 4.78 is 14.4. The Labute approximate surface area is 120 Å². The third-order valence-corrected chi connectivity index (χ3v) is 3.51. The van der Waals surface area contributed by atoms with E-state index >= 15 is 0 Å². The van der Waals surface area contributed by atoms with Gasteiger partial charge in [0.1, 0.15) is 5.82 Å². The smallest absolute Gasteiger partial charge is 0.183 e. The largest absolute Gasteiger partial charge is 0.365 e. The van der Waals surface area contributed by atoms with E-state index in [-0.39, 0.29) is 18.1 Å². The topological polar surface area (TPSA) is 20.3 Å². The van der Waals surface area contributed by atoms with Gasteiger partial charge in [-0.2, -0.15) is 0 Å². The Bertz CT molecular complexity index is 600. The number of carbonyl (C=O) groups is 1. The number of hydrogen-bond acceptors (Lipinski definition) is 2. The molecule has 2 aromatic rings. The van der Waals surface area contributed by atoms with Crippen LogP contribution in [0.1, 0.15) is 10.4 Å². The van der Waals surface area contributed by atoms with E-state index < -0.39 is 0 Å². The summed E-state index contributed by atoms with van der Waals surface area (Å²) in [5.41, 5.74) is 1.02. The predicted molar refractivity (Wildman–Crippen MR) is 78.1 cm³/mol. The molecule has 0 aromatic heterocycles. The van der Waals surface area contributed by atoms with E-state index in [4.69, 9.17) is 0 Å². The van der Waals surface area contributed by atoms with Gasteiger partial charge < -0.3 is 4.90 Å². The molecule has 0 amide bonds. The first kappa shape index (κ1) is 13.7. The van der Waals surface area contributed by atoms with E-state index in [9.17, 15) is 9.18 Å². The molecule has 2 nitrogen and oxygen atoms in total. The van der Waals surface area contributed by atoms with Crippen LogP contribution in [0.25, 0.3) is 0 Å². The van der Waals surface area contributed by atoms with Gasteiger partial charge in [0.15, 0.2) is 5.78 Å². The van der Waals surface area contributed by atoms with E-state index in [2.05, 4.69) is 15.9 Å². The summed E-state index contributed by atoms with van der Waals surface area (Å²) in [4.78, 5) is 13.8. The average molecular weight is 322 g/mol. The standard InChI is InChI=1S/C15H13BrFNO/c1-18(14-9-5-4-8-13(14)17)10-15(19)11-6-2-3-7-12(11)16/h2-9H,10H2,1H3. The Morgan fingerprint density at radius 1 is 1.16 bits per heavy atom. The van der Waals surface area contributed by atoms with Crippen LogP contribution in [0.3, 0.4) is 0 Å². The SMILES string of the molecule is CN(CC(=O)c1ccccc1Br)c1ccccc1F. The first-order chi connectivity index (χ1) is 9.09. The normalized spacial score (nSPS) is 10.3. The number of carbonyl (C=O) groups excluding carboxylic acids is 1. The molecule has 0 aliphatic heterocycles. The van der Waals surface area contributed by atoms with Gasteiger partial charge in [-0.1, -0.05) is 46.3 Å². The van der Waals surface area contributed by atoms with Gasteiger partial charge in [-0.25, -0.2) is 4.39 Å². The summed E-state index contributed by atoms with van der Waals surface area (Å²) in [6.45, 7) is 0.129. The van der Waals surface area contributed by atoms with E-state index in [0.717, 1.165) is 4.47 Å². The summed E-state index contributed by atoms with van der Waals surface area (Å²) in [5, 5.41) is 0. The second-order valence-corrected chi connectivity index (χ2v) is 5.06. The fourth-order valence-electron chi connectivity index (χ4n) is 1.83. The second kappa shape index (κ2) is 5.97. The van der Waals surface area contributed by atoms with Crippen molar-refractivity contribution in [2.45, 2.75) is 0 Å². The number of hydrogen-bond donors (Lipinski definition) is 0. The Balaban J connectivity index is 2.16. The van der Waals surface area contributed by atoms with Crippen LogP contribution in [0.15, 0.2) is 53.0 Å². The van der Waals surface area contributed by atoms with Gasteiger partial charge in [-0.05, 0) is 18.2 Å². The van der Waals surface area contributed by atoms with Crippen LogP contribution in [0, 0.1) is 5.82 Å². The van der Waals surface area contributed by atoms with E-state index in [1.165, 1.54) is 6.07 Å². The van der Waals surface area contributed by atoms with Crippen LogP contribution in [0.2, 0.25) is 0 Å². The van der Waals surface area contributed by atoms with Gasteiger partial charge in [-0.3, -0.25) is 4.79 Å².